The van der Waals surface area contributed by atoms with Crippen LogP contribution in [0.4, 0.5) is 11.4 Å². The Morgan fingerprint density at radius 3 is 2.88 bits per heavy atom. The molecule has 0 aromatic heterocycles. The van der Waals surface area contributed by atoms with Crippen LogP contribution < -0.4 is 10.6 Å². The summed E-state index contributed by atoms with van der Waals surface area (Å²) in [5.74, 6) is -1.26. The normalized spacial score (nSPS) is 18.8. The van der Waals surface area contributed by atoms with Crippen LogP contribution in [0.1, 0.15) is 6.92 Å². The number of rotatable bonds is 1. The standard InChI is InChI=1S/C11H10N2O3S/c1-6-11(16)13(10(15)5-14)8-4-7(12)2-3-9(8)17-6/h2-6H,12H2,1H3. The molecule has 0 saturated carbocycles. The molecule has 1 aromatic rings. The lowest BCUT2D eigenvalue weighted by Gasteiger charge is -2.29. The minimum atomic E-state index is -0.867. The number of amides is 2. The molecular weight excluding hydrogens is 240 g/mol. The van der Waals surface area contributed by atoms with Crippen LogP contribution in [0.15, 0.2) is 23.1 Å². The second kappa shape index (κ2) is 4.21. The number of hydrogen-bond donors (Lipinski definition) is 1. The molecule has 2 amide bonds. The minimum Gasteiger partial charge on any atom is -0.399 e. The van der Waals surface area contributed by atoms with Gasteiger partial charge in [0.05, 0.1) is 10.9 Å². The van der Waals surface area contributed by atoms with Crippen molar-refractivity contribution < 1.29 is 14.4 Å². The molecule has 1 aliphatic rings. The lowest BCUT2D eigenvalue weighted by molar-refractivity contribution is -0.133. The van der Waals surface area contributed by atoms with Crippen LogP contribution in [-0.2, 0) is 14.4 Å². The Labute approximate surface area is 102 Å². The number of fused-ring (bicyclic) bond motifs is 1. The smallest absolute Gasteiger partial charge is 0.297 e. The Morgan fingerprint density at radius 1 is 1.53 bits per heavy atom. The van der Waals surface area contributed by atoms with E-state index in [1.165, 1.54) is 17.8 Å². The number of carbonyl (C=O) groups excluding carboxylic acids is 3. The maximum atomic E-state index is 11.9. The highest BCUT2D eigenvalue weighted by atomic mass is 32.2. The number of imide groups is 1. The molecule has 0 spiro atoms. The summed E-state index contributed by atoms with van der Waals surface area (Å²) < 4.78 is 0. The first-order valence-corrected chi connectivity index (χ1v) is 5.82. The molecule has 1 aromatic carbocycles. The monoisotopic (exact) mass is 250 g/mol. The summed E-state index contributed by atoms with van der Waals surface area (Å²) in [6, 6.07) is 4.95. The van der Waals surface area contributed by atoms with Crippen molar-refractivity contribution in [3.05, 3.63) is 18.2 Å². The second-order valence-corrected chi connectivity index (χ2v) is 5.00. The van der Waals surface area contributed by atoms with Crippen molar-refractivity contribution in [3.8, 4) is 0 Å². The van der Waals surface area contributed by atoms with Crippen LogP contribution in [-0.4, -0.2) is 23.4 Å². The van der Waals surface area contributed by atoms with Crippen molar-refractivity contribution in [2.75, 3.05) is 10.6 Å². The average molecular weight is 250 g/mol. The Bertz CT molecular complexity index is 515. The fourth-order valence-electron chi connectivity index (χ4n) is 1.63. The summed E-state index contributed by atoms with van der Waals surface area (Å²) in [5.41, 5.74) is 6.44. The zero-order valence-corrected chi connectivity index (χ0v) is 9.86. The van der Waals surface area contributed by atoms with Gasteiger partial charge < -0.3 is 5.73 Å². The Balaban J connectivity index is 2.58. The van der Waals surface area contributed by atoms with Gasteiger partial charge in [-0.05, 0) is 25.1 Å². The van der Waals surface area contributed by atoms with Gasteiger partial charge in [-0.25, -0.2) is 4.90 Å². The molecular formula is C11H10N2O3S. The van der Waals surface area contributed by atoms with Crippen molar-refractivity contribution in [2.24, 2.45) is 0 Å². The summed E-state index contributed by atoms with van der Waals surface area (Å²) >= 11 is 1.35. The van der Waals surface area contributed by atoms with Gasteiger partial charge in [-0.15, -0.1) is 11.8 Å². The maximum absolute atomic E-state index is 11.9. The van der Waals surface area contributed by atoms with E-state index in [1.807, 2.05) is 0 Å². The molecule has 0 saturated heterocycles. The highest BCUT2D eigenvalue weighted by Crippen LogP contribution is 2.39. The number of nitrogen functional groups attached to an aromatic ring is 1. The van der Waals surface area contributed by atoms with Crippen molar-refractivity contribution in [2.45, 2.75) is 17.1 Å². The molecule has 1 heterocycles. The Kier molecular flexibility index (Phi) is 2.89. The number of anilines is 2. The molecule has 0 fully saturated rings. The van der Waals surface area contributed by atoms with E-state index in [0.717, 1.165) is 9.80 Å². The lowest BCUT2D eigenvalue weighted by atomic mass is 10.2. The quantitative estimate of drug-likeness (QED) is 0.453. The van der Waals surface area contributed by atoms with Gasteiger partial charge in [-0.1, -0.05) is 0 Å². The molecule has 17 heavy (non-hydrogen) atoms. The van der Waals surface area contributed by atoms with Gasteiger partial charge in [0.1, 0.15) is 0 Å². The topological polar surface area (TPSA) is 80.5 Å². The molecule has 1 aliphatic heterocycles. The molecule has 6 heteroatoms. The SMILES string of the molecule is CC1Sc2ccc(N)cc2N(C(=O)C=O)C1=O. The fourth-order valence-corrected chi connectivity index (χ4v) is 2.63. The summed E-state index contributed by atoms with van der Waals surface area (Å²) in [7, 11) is 0. The molecule has 1 atom stereocenters. The molecule has 1 unspecified atom stereocenters. The van der Waals surface area contributed by atoms with E-state index in [9.17, 15) is 14.4 Å². The van der Waals surface area contributed by atoms with E-state index in [2.05, 4.69) is 0 Å². The van der Waals surface area contributed by atoms with Crippen molar-refractivity contribution in [1.82, 2.24) is 0 Å². The average Bonchev–Trinajstić information content (AvgIpc) is 2.31. The van der Waals surface area contributed by atoms with E-state index in [4.69, 9.17) is 5.73 Å². The largest absolute Gasteiger partial charge is 0.399 e. The van der Waals surface area contributed by atoms with Crippen LogP contribution in [0.5, 0.6) is 0 Å². The van der Waals surface area contributed by atoms with Crippen LogP contribution in [0.2, 0.25) is 0 Å². The van der Waals surface area contributed by atoms with Crippen molar-refractivity contribution in [3.63, 3.8) is 0 Å². The predicted octanol–water partition coefficient (Wildman–Crippen LogP) is 0.822. The second-order valence-electron chi connectivity index (χ2n) is 3.62. The van der Waals surface area contributed by atoms with Gasteiger partial charge in [0, 0.05) is 10.6 Å². The molecule has 2 rings (SSSR count). The first kappa shape index (κ1) is 11.7. The first-order valence-electron chi connectivity index (χ1n) is 4.94. The highest BCUT2D eigenvalue weighted by Gasteiger charge is 2.34. The Hall–Kier alpha value is -1.82. The molecule has 0 aliphatic carbocycles. The number of aldehydes is 1. The lowest BCUT2D eigenvalue weighted by Crippen LogP contribution is -2.44. The molecule has 88 valence electrons. The van der Waals surface area contributed by atoms with Crippen LogP contribution in [0, 0.1) is 0 Å². The summed E-state index contributed by atoms with van der Waals surface area (Å²) in [5, 5.41) is -0.393. The Morgan fingerprint density at radius 2 is 2.24 bits per heavy atom. The maximum Gasteiger partial charge on any atom is 0.297 e. The zero-order chi connectivity index (χ0) is 12.6. The van der Waals surface area contributed by atoms with E-state index >= 15 is 0 Å². The van der Waals surface area contributed by atoms with Crippen molar-refractivity contribution in [1.29, 1.82) is 0 Å². The first-order chi connectivity index (χ1) is 8.04. The third-order valence-corrected chi connectivity index (χ3v) is 3.57. The number of hydrogen-bond acceptors (Lipinski definition) is 5. The highest BCUT2D eigenvalue weighted by molar-refractivity contribution is 8.01. The summed E-state index contributed by atoms with van der Waals surface area (Å²) in [6.45, 7) is 1.69. The van der Waals surface area contributed by atoms with Crippen LogP contribution >= 0.6 is 11.8 Å². The predicted molar refractivity (Wildman–Crippen MR) is 64.7 cm³/mol. The third kappa shape index (κ3) is 1.91. The van der Waals surface area contributed by atoms with Crippen molar-refractivity contribution >= 4 is 41.2 Å². The van der Waals surface area contributed by atoms with Gasteiger partial charge in [0.25, 0.3) is 5.91 Å². The van der Waals surface area contributed by atoms with Gasteiger partial charge in [-0.2, -0.15) is 0 Å². The van der Waals surface area contributed by atoms with E-state index in [0.29, 0.717) is 11.4 Å². The molecule has 5 nitrogen and oxygen atoms in total. The number of carbonyl (C=O) groups is 3. The zero-order valence-electron chi connectivity index (χ0n) is 9.04. The number of thioether (sulfide) groups is 1. The van der Waals surface area contributed by atoms with E-state index in [-0.39, 0.29) is 6.29 Å². The van der Waals surface area contributed by atoms with E-state index < -0.39 is 17.1 Å². The minimum absolute atomic E-state index is 0.133. The number of benzene rings is 1. The summed E-state index contributed by atoms with van der Waals surface area (Å²) in [6.07, 6.45) is 0.133. The van der Waals surface area contributed by atoms with Gasteiger partial charge in [-0.3, -0.25) is 14.4 Å². The molecule has 0 radical (unpaired) electrons. The van der Waals surface area contributed by atoms with Gasteiger partial charge >= 0.3 is 0 Å². The summed E-state index contributed by atoms with van der Waals surface area (Å²) in [4.78, 5) is 35.6. The fraction of sp³-hybridized carbons (Fsp3) is 0.182. The number of nitrogens with two attached hydrogens (primary N) is 1. The van der Waals surface area contributed by atoms with Gasteiger partial charge in [0.2, 0.25) is 12.2 Å². The van der Waals surface area contributed by atoms with Crippen LogP contribution in [0.3, 0.4) is 0 Å². The van der Waals surface area contributed by atoms with Crippen LogP contribution in [0.25, 0.3) is 0 Å². The third-order valence-electron chi connectivity index (χ3n) is 2.42. The molecule has 2 N–H and O–H groups in total. The molecule has 0 bridgehead atoms. The van der Waals surface area contributed by atoms with Gasteiger partial charge in [0.15, 0.2) is 0 Å². The van der Waals surface area contributed by atoms with E-state index in [1.54, 1.807) is 19.1 Å². The number of nitrogens with zero attached hydrogens (tertiary/aromatic N) is 1.